The molecule has 1 atom stereocenters. The Kier molecular flexibility index (Phi) is 6.47. The minimum atomic E-state index is -0.522. The Balaban J connectivity index is 2.21. The fraction of sp³-hybridized carbons (Fsp3) is 0.562. The van der Waals surface area contributed by atoms with Gasteiger partial charge in [0.25, 0.3) is 5.91 Å². The lowest BCUT2D eigenvalue weighted by molar-refractivity contribution is 0.0917. The zero-order chi connectivity index (χ0) is 17.7. The summed E-state index contributed by atoms with van der Waals surface area (Å²) in [4.78, 5) is 24.5. The number of nitrogens with zero attached hydrogens (tertiary/aromatic N) is 3. The number of aryl methyl sites for hydroxylation is 1. The lowest BCUT2D eigenvalue weighted by Gasteiger charge is -2.11. The van der Waals surface area contributed by atoms with E-state index in [-0.39, 0.29) is 12.5 Å². The molecule has 132 valence electrons. The molecule has 2 aromatic rings. The highest BCUT2D eigenvalue weighted by atomic mass is 32.1. The van der Waals surface area contributed by atoms with Gasteiger partial charge < -0.3 is 20.6 Å². The van der Waals surface area contributed by atoms with Crippen LogP contribution >= 0.6 is 11.3 Å². The van der Waals surface area contributed by atoms with Crippen molar-refractivity contribution in [2.75, 3.05) is 39.0 Å². The molecule has 24 heavy (non-hydrogen) atoms. The van der Waals surface area contributed by atoms with E-state index in [9.17, 15) is 9.90 Å². The predicted octanol–water partition coefficient (Wildman–Crippen LogP) is 1.47. The van der Waals surface area contributed by atoms with Gasteiger partial charge in [-0.05, 0) is 33.0 Å². The van der Waals surface area contributed by atoms with Gasteiger partial charge in [0.1, 0.15) is 17.0 Å². The third kappa shape index (κ3) is 4.40. The summed E-state index contributed by atoms with van der Waals surface area (Å²) in [6.07, 6.45) is 1.60. The molecule has 8 heteroatoms. The average molecular weight is 351 g/mol. The summed E-state index contributed by atoms with van der Waals surface area (Å²) in [7, 11) is 4.03. The van der Waals surface area contributed by atoms with Crippen molar-refractivity contribution in [3.8, 4) is 0 Å². The molecule has 7 nitrogen and oxygen atoms in total. The molecule has 0 saturated carbocycles. The second-order valence-corrected chi connectivity index (χ2v) is 6.96. The van der Waals surface area contributed by atoms with Gasteiger partial charge in [-0.2, -0.15) is 0 Å². The van der Waals surface area contributed by atoms with Crippen LogP contribution in [0, 0.1) is 6.92 Å². The molecular weight excluding hydrogens is 326 g/mol. The van der Waals surface area contributed by atoms with Gasteiger partial charge in [-0.3, -0.25) is 4.79 Å². The number of aliphatic hydroxyl groups excluding tert-OH is 1. The number of hydrogen-bond donors (Lipinski definition) is 3. The number of nitrogens with one attached hydrogen (secondary N) is 2. The fourth-order valence-electron chi connectivity index (χ4n) is 2.26. The second kappa shape index (κ2) is 8.36. The van der Waals surface area contributed by atoms with Crippen molar-refractivity contribution in [3.05, 3.63) is 16.8 Å². The van der Waals surface area contributed by atoms with Gasteiger partial charge in [-0.25, -0.2) is 9.97 Å². The van der Waals surface area contributed by atoms with Crippen molar-refractivity contribution in [2.45, 2.75) is 26.4 Å². The van der Waals surface area contributed by atoms with Crippen LogP contribution in [0.3, 0.4) is 0 Å². The first-order valence-corrected chi connectivity index (χ1v) is 8.84. The number of hydrogen-bond acceptors (Lipinski definition) is 7. The third-order valence-corrected chi connectivity index (χ3v) is 4.95. The minimum absolute atomic E-state index is 0.178. The topological polar surface area (TPSA) is 90.4 Å². The number of anilines is 1. The number of aromatic nitrogens is 2. The number of amides is 1. The largest absolute Gasteiger partial charge is 0.391 e. The Morgan fingerprint density at radius 1 is 1.42 bits per heavy atom. The van der Waals surface area contributed by atoms with Gasteiger partial charge >= 0.3 is 0 Å². The van der Waals surface area contributed by atoms with E-state index < -0.39 is 6.10 Å². The number of carbonyl (C=O) groups excluding carboxylic acids is 1. The van der Waals surface area contributed by atoms with Crippen LogP contribution in [0.2, 0.25) is 0 Å². The van der Waals surface area contributed by atoms with Crippen LogP contribution in [0.5, 0.6) is 0 Å². The third-order valence-electron chi connectivity index (χ3n) is 3.75. The van der Waals surface area contributed by atoms with Crippen molar-refractivity contribution >= 4 is 33.3 Å². The molecule has 0 bridgehead atoms. The molecule has 0 aliphatic rings. The van der Waals surface area contributed by atoms with Gasteiger partial charge in [-0.1, -0.05) is 6.92 Å². The summed E-state index contributed by atoms with van der Waals surface area (Å²) in [6.45, 7) is 5.69. The van der Waals surface area contributed by atoms with E-state index in [0.29, 0.717) is 11.3 Å². The highest BCUT2D eigenvalue weighted by molar-refractivity contribution is 7.20. The summed E-state index contributed by atoms with van der Waals surface area (Å²) < 4.78 is 0. The van der Waals surface area contributed by atoms with E-state index in [4.69, 9.17) is 0 Å². The van der Waals surface area contributed by atoms with E-state index in [1.165, 1.54) is 17.7 Å². The maximum Gasteiger partial charge on any atom is 0.261 e. The number of rotatable bonds is 8. The Morgan fingerprint density at radius 2 is 2.17 bits per heavy atom. The summed E-state index contributed by atoms with van der Waals surface area (Å²) >= 11 is 1.35. The van der Waals surface area contributed by atoms with Crippen molar-refractivity contribution in [2.24, 2.45) is 0 Å². The highest BCUT2D eigenvalue weighted by Crippen LogP contribution is 2.33. The Morgan fingerprint density at radius 3 is 2.83 bits per heavy atom. The maximum absolute atomic E-state index is 12.4. The van der Waals surface area contributed by atoms with Crippen LogP contribution in [0.15, 0.2) is 6.33 Å². The monoisotopic (exact) mass is 351 g/mol. The molecule has 0 spiro atoms. The standard InChI is InChI=1S/C16H25N5O2S/c1-5-11(22)8-18-15(23)13-10(2)12-14(17-6-7-21(3)4)19-9-20-16(12)24-13/h9,11,22H,5-8H2,1-4H3,(H,18,23)(H,17,19,20)/t11-/m1/s1. The van der Waals surface area contributed by atoms with E-state index >= 15 is 0 Å². The Labute approximate surface area is 146 Å². The number of aliphatic hydroxyl groups is 1. The van der Waals surface area contributed by atoms with Gasteiger partial charge in [0.2, 0.25) is 0 Å². The number of likely N-dealkylation sites (N-methyl/N-ethyl adjacent to an activating group) is 1. The van der Waals surface area contributed by atoms with Crippen LogP contribution in [-0.2, 0) is 0 Å². The van der Waals surface area contributed by atoms with E-state index in [1.54, 1.807) is 0 Å². The second-order valence-electron chi connectivity index (χ2n) is 5.96. The molecule has 0 aromatic carbocycles. The molecule has 3 N–H and O–H groups in total. The van der Waals surface area contributed by atoms with E-state index in [0.717, 1.165) is 34.7 Å². The van der Waals surface area contributed by atoms with Crippen molar-refractivity contribution in [3.63, 3.8) is 0 Å². The van der Waals surface area contributed by atoms with Crippen LogP contribution in [0.25, 0.3) is 10.2 Å². The van der Waals surface area contributed by atoms with Crippen molar-refractivity contribution in [1.29, 1.82) is 0 Å². The lowest BCUT2D eigenvalue weighted by Crippen LogP contribution is -2.31. The van der Waals surface area contributed by atoms with Crippen LogP contribution in [-0.4, -0.2) is 65.7 Å². The molecule has 0 aliphatic carbocycles. The number of thiophene rings is 1. The number of fused-ring (bicyclic) bond motifs is 1. The fourth-order valence-corrected chi connectivity index (χ4v) is 3.32. The van der Waals surface area contributed by atoms with Crippen LogP contribution in [0.4, 0.5) is 5.82 Å². The molecule has 0 unspecified atom stereocenters. The van der Waals surface area contributed by atoms with Gasteiger partial charge in [-0.15, -0.1) is 11.3 Å². The van der Waals surface area contributed by atoms with Gasteiger partial charge in [0.15, 0.2) is 0 Å². The summed E-state index contributed by atoms with van der Waals surface area (Å²) in [5.74, 6) is 0.575. The Hall–Kier alpha value is -1.77. The smallest absolute Gasteiger partial charge is 0.261 e. The maximum atomic E-state index is 12.4. The van der Waals surface area contributed by atoms with Gasteiger partial charge in [0.05, 0.1) is 16.4 Å². The predicted molar refractivity (Wildman–Crippen MR) is 97.8 cm³/mol. The first-order chi connectivity index (χ1) is 11.4. The molecule has 2 heterocycles. The SMILES string of the molecule is CC[C@@H](O)CNC(=O)c1sc2ncnc(NCCN(C)C)c2c1C. The van der Waals surface area contributed by atoms with Gasteiger partial charge in [0, 0.05) is 19.6 Å². The molecule has 0 radical (unpaired) electrons. The molecule has 0 fully saturated rings. The molecule has 0 aliphatic heterocycles. The lowest BCUT2D eigenvalue weighted by atomic mass is 10.2. The summed E-state index contributed by atoms with van der Waals surface area (Å²) in [6, 6.07) is 0. The highest BCUT2D eigenvalue weighted by Gasteiger charge is 2.19. The first-order valence-electron chi connectivity index (χ1n) is 8.03. The summed E-state index contributed by atoms with van der Waals surface area (Å²) in [5, 5.41) is 16.6. The van der Waals surface area contributed by atoms with E-state index in [1.807, 2.05) is 27.9 Å². The van der Waals surface area contributed by atoms with Crippen molar-refractivity contribution in [1.82, 2.24) is 20.2 Å². The van der Waals surface area contributed by atoms with Crippen LogP contribution in [0.1, 0.15) is 28.6 Å². The van der Waals surface area contributed by atoms with Crippen LogP contribution < -0.4 is 10.6 Å². The normalized spacial score (nSPS) is 12.6. The molecule has 0 saturated heterocycles. The molecule has 2 rings (SSSR count). The quantitative estimate of drug-likeness (QED) is 0.667. The van der Waals surface area contributed by atoms with E-state index in [2.05, 4.69) is 25.5 Å². The zero-order valence-electron chi connectivity index (χ0n) is 14.6. The number of carbonyl (C=O) groups is 1. The Bertz CT molecular complexity index is 701. The average Bonchev–Trinajstić information content (AvgIpc) is 2.90. The van der Waals surface area contributed by atoms with Crippen molar-refractivity contribution < 1.29 is 9.90 Å². The minimum Gasteiger partial charge on any atom is -0.391 e. The zero-order valence-corrected chi connectivity index (χ0v) is 15.4. The molecular formula is C16H25N5O2S. The summed E-state index contributed by atoms with van der Waals surface area (Å²) in [5.41, 5.74) is 0.867. The molecule has 1 amide bonds. The first kappa shape index (κ1) is 18.6. The molecule has 2 aromatic heterocycles.